The molecule has 2 heterocycles. The summed E-state index contributed by atoms with van der Waals surface area (Å²) in [6.07, 6.45) is 5.14. The number of sulfonamides is 1. The number of carbonyl (C=O) groups excluding carboxylic acids is 1. The predicted octanol–water partition coefficient (Wildman–Crippen LogP) is 2.79. The number of amidine groups is 1. The quantitative estimate of drug-likeness (QED) is 0.824. The van der Waals surface area contributed by atoms with Crippen LogP contribution in [0.4, 0.5) is 0 Å². The molecule has 0 bridgehead atoms. The fourth-order valence-electron chi connectivity index (χ4n) is 4.79. The minimum absolute atomic E-state index is 0.102. The van der Waals surface area contributed by atoms with Crippen molar-refractivity contribution in [1.82, 2.24) is 10.2 Å². The Balaban J connectivity index is 1.47. The Morgan fingerprint density at radius 1 is 1.14 bits per heavy atom. The average molecular weight is 404 g/mol. The molecule has 1 amide bonds. The molecule has 7 heteroatoms. The summed E-state index contributed by atoms with van der Waals surface area (Å²) >= 11 is 0. The molecule has 1 N–H and O–H groups in total. The van der Waals surface area contributed by atoms with Gasteiger partial charge in [-0.2, -0.15) is 8.42 Å². The normalized spacial score (nSPS) is 31.8. The van der Waals surface area contributed by atoms with Crippen LogP contribution < -0.4 is 5.32 Å². The molecule has 0 aromatic heterocycles. The number of carbonyl (C=O) groups is 1. The largest absolute Gasteiger partial charge is 0.355 e. The third-order valence-electron chi connectivity index (χ3n) is 6.74. The fourth-order valence-corrected chi connectivity index (χ4v) is 6.01. The summed E-state index contributed by atoms with van der Waals surface area (Å²) in [5.74, 6) is 1.60. The number of hydrogen-bond acceptors (Lipinski definition) is 4. The van der Waals surface area contributed by atoms with Crippen LogP contribution in [0.3, 0.4) is 0 Å². The van der Waals surface area contributed by atoms with Gasteiger partial charge in [0.15, 0.2) is 5.84 Å². The van der Waals surface area contributed by atoms with Crippen molar-refractivity contribution in [2.24, 2.45) is 22.2 Å². The zero-order valence-electron chi connectivity index (χ0n) is 16.6. The number of nitrogens with zero attached hydrogens (tertiary/aromatic N) is 2. The van der Waals surface area contributed by atoms with Crippen molar-refractivity contribution in [1.29, 1.82) is 0 Å². The summed E-state index contributed by atoms with van der Waals surface area (Å²) in [4.78, 5) is 15.2. The Hall–Kier alpha value is -1.89. The van der Waals surface area contributed by atoms with E-state index in [1.54, 1.807) is 18.2 Å². The molecule has 3 aliphatic rings. The fraction of sp³-hybridized carbons (Fsp3) is 0.619. The molecule has 4 unspecified atom stereocenters. The molecule has 6 nitrogen and oxygen atoms in total. The van der Waals surface area contributed by atoms with Crippen LogP contribution in [0.15, 0.2) is 33.6 Å². The maximum atomic E-state index is 13.0. The molecule has 4 atom stereocenters. The molecule has 1 aliphatic carbocycles. The summed E-state index contributed by atoms with van der Waals surface area (Å²) in [6, 6.07) is 7.19. The molecule has 0 radical (unpaired) electrons. The van der Waals surface area contributed by atoms with Crippen molar-refractivity contribution in [2.45, 2.75) is 56.9 Å². The van der Waals surface area contributed by atoms with Gasteiger partial charge < -0.3 is 10.2 Å². The van der Waals surface area contributed by atoms with Gasteiger partial charge in [0.2, 0.25) is 5.91 Å². The van der Waals surface area contributed by atoms with Crippen LogP contribution in [0.5, 0.6) is 0 Å². The van der Waals surface area contributed by atoms with Gasteiger partial charge in [0.05, 0.1) is 5.92 Å². The first kappa shape index (κ1) is 19.4. The number of piperidine rings is 1. The number of amides is 1. The van der Waals surface area contributed by atoms with E-state index in [-0.39, 0.29) is 22.8 Å². The van der Waals surface area contributed by atoms with E-state index in [0.29, 0.717) is 29.8 Å². The Morgan fingerprint density at radius 2 is 1.93 bits per heavy atom. The smallest absolute Gasteiger partial charge is 0.285 e. The molecule has 0 spiro atoms. The highest BCUT2D eigenvalue weighted by molar-refractivity contribution is 7.90. The van der Waals surface area contributed by atoms with Crippen molar-refractivity contribution in [3.8, 4) is 0 Å². The molecule has 1 saturated heterocycles. The first-order chi connectivity index (χ1) is 13.4. The van der Waals surface area contributed by atoms with E-state index < -0.39 is 10.0 Å². The molecule has 1 aromatic rings. The van der Waals surface area contributed by atoms with Gasteiger partial charge >= 0.3 is 0 Å². The third-order valence-corrected chi connectivity index (χ3v) is 8.06. The highest BCUT2D eigenvalue weighted by Crippen LogP contribution is 2.31. The van der Waals surface area contributed by atoms with Gasteiger partial charge in [0.1, 0.15) is 4.90 Å². The minimum Gasteiger partial charge on any atom is -0.355 e. The molecule has 28 heavy (non-hydrogen) atoms. The number of fused-ring (bicyclic) bond motifs is 1. The van der Waals surface area contributed by atoms with Crippen molar-refractivity contribution in [2.75, 3.05) is 13.1 Å². The van der Waals surface area contributed by atoms with E-state index in [1.165, 1.54) is 12.8 Å². The van der Waals surface area contributed by atoms with Crippen molar-refractivity contribution in [3.63, 3.8) is 0 Å². The SMILES string of the molecule is CC1CCCC(NC(=O)C2CCCN(C3=NS(=O)(=O)c4ccccc43)C2)C1C. The van der Waals surface area contributed by atoms with Gasteiger partial charge in [-0.25, -0.2) is 0 Å². The zero-order valence-corrected chi connectivity index (χ0v) is 17.4. The average Bonchev–Trinajstić information content (AvgIpc) is 2.97. The van der Waals surface area contributed by atoms with Crippen molar-refractivity contribution in [3.05, 3.63) is 29.8 Å². The molecule has 1 saturated carbocycles. The Labute approximate surface area is 167 Å². The number of hydrogen-bond donors (Lipinski definition) is 1. The Bertz CT molecular complexity index is 896. The molecule has 152 valence electrons. The molecule has 4 rings (SSSR count). The standard InChI is InChI=1S/C21H29N3O3S/c1-14-7-5-10-18(15(14)2)22-21(25)16-8-6-12-24(13-16)20-17-9-3-4-11-19(17)28(26,27)23-20/h3-4,9,11,14-16,18H,5-8,10,12-13H2,1-2H3,(H,22,25). The second kappa shape index (κ2) is 7.50. The second-order valence-electron chi connectivity index (χ2n) is 8.55. The van der Waals surface area contributed by atoms with E-state index >= 15 is 0 Å². The van der Waals surface area contributed by atoms with Gasteiger partial charge in [-0.15, -0.1) is 4.40 Å². The molecule has 1 aromatic carbocycles. The van der Waals surface area contributed by atoms with Crippen LogP contribution >= 0.6 is 0 Å². The Kier molecular flexibility index (Phi) is 5.21. The lowest BCUT2D eigenvalue weighted by Gasteiger charge is -2.37. The minimum atomic E-state index is -3.63. The number of nitrogens with one attached hydrogen (secondary N) is 1. The monoisotopic (exact) mass is 403 g/mol. The van der Waals surface area contributed by atoms with Crippen LogP contribution in [0.1, 0.15) is 51.5 Å². The zero-order chi connectivity index (χ0) is 19.9. The maximum Gasteiger partial charge on any atom is 0.285 e. The Morgan fingerprint density at radius 3 is 2.75 bits per heavy atom. The summed E-state index contributed by atoms with van der Waals surface area (Å²) in [5.41, 5.74) is 0.651. The van der Waals surface area contributed by atoms with Gasteiger partial charge in [-0.1, -0.05) is 38.8 Å². The topological polar surface area (TPSA) is 78.8 Å². The molecule has 2 aliphatic heterocycles. The lowest BCUT2D eigenvalue weighted by atomic mass is 9.78. The molecular formula is C21H29N3O3S. The second-order valence-corrected chi connectivity index (χ2v) is 10.1. The molecular weight excluding hydrogens is 374 g/mol. The van der Waals surface area contributed by atoms with E-state index in [2.05, 4.69) is 23.6 Å². The predicted molar refractivity (Wildman–Crippen MR) is 109 cm³/mol. The van der Waals surface area contributed by atoms with Gasteiger partial charge in [-0.3, -0.25) is 4.79 Å². The summed E-state index contributed by atoms with van der Waals surface area (Å²) in [6.45, 7) is 5.74. The van der Waals surface area contributed by atoms with E-state index in [1.807, 2.05) is 11.0 Å². The lowest BCUT2D eigenvalue weighted by molar-refractivity contribution is -0.127. The van der Waals surface area contributed by atoms with Crippen LogP contribution in [0.2, 0.25) is 0 Å². The number of rotatable bonds is 2. The number of benzene rings is 1. The highest BCUT2D eigenvalue weighted by atomic mass is 32.2. The van der Waals surface area contributed by atoms with Crippen LogP contribution in [-0.4, -0.2) is 44.2 Å². The van der Waals surface area contributed by atoms with Crippen LogP contribution in [-0.2, 0) is 14.8 Å². The van der Waals surface area contributed by atoms with E-state index in [9.17, 15) is 13.2 Å². The van der Waals surface area contributed by atoms with Gasteiger partial charge in [-0.05, 0) is 43.2 Å². The first-order valence-corrected chi connectivity index (χ1v) is 11.8. The van der Waals surface area contributed by atoms with Crippen molar-refractivity contribution < 1.29 is 13.2 Å². The highest BCUT2D eigenvalue weighted by Gasteiger charge is 2.36. The van der Waals surface area contributed by atoms with Crippen molar-refractivity contribution >= 4 is 21.8 Å². The van der Waals surface area contributed by atoms with E-state index in [4.69, 9.17) is 0 Å². The molecule has 2 fully saturated rings. The summed E-state index contributed by atoms with van der Waals surface area (Å²) in [5, 5.41) is 3.29. The van der Waals surface area contributed by atoms with Gasteiger partial charge in [0, 0.05) is 24.7 Å². The van der Waals surface area contributed by atoms with Crippen LogP contribution in [0.25, 0.3) is 0 Å². The number of likely N-dealkylation sites (tertiary alicyclic amines) is 1. The summed E-state index contributed by atoms with van der Waals surface area (Å²) in [7, 11) is -3.63. The lowest BCUT2D eigenvalue weighted by Crippen LogP contribution is -2.50. The van der Waals surface area contributed by atoms with E-state index in [0.717, 1.165) is 25.8 Å². The third kappa shape index (κ3) is 3.56. The maximum absolute atomic E-state index is 13.0. The van der Waals surface area contributed by atoms with Gasteiger partial charge in [0.25, 0.3) is 10.0 Å². The van der Waals surface area contributed by atoms with Crippen LogP contribution in [0, 0.1) is 17.8 Å². The first-order valence-electron chi connectivity index (χ1n) is 10.4. The summed E-state index contributed by atoms with van der Waals surface area (Å²) < 4.78 is 28.7.